The first kappa shape index (κ1) is 10.6. The second-order valence-electron chi connectivity index (χ2n) is 4.58. The van der Waals surface area contributed by atoms with Crippen LogP contribution in [0, 0.1) is 11.8 Å². The maximum atomic E-state index is 5.64. The van der Waals surface area contributed by atoms with Crippen molar-refractivity contribution in [3.05, 3.63) is 11.7 Å². The highest BCUT2D eigenvalue weighted by atomic mass is 16.5. The van der Waals surface area contributed by atoms with Crippen LogP contribution in [0.4, 0.5) is 0 Å². The second-order valence-corrected chi connectivity index (χ2v) is 4.58. The number of nitrogens with zero attached hydrogens (tertiary/aromatic N) is 2. The van der Waals surface area contributed by atoms with Crippen molar-refractivity contribution in [2.45, 2.75) is 39.0 Å². The van der Waals surface area contributed by atoms with Crippen molar-refractivity contribution in [3.8, 4) is 0 Å². The third-order valence-electron chi connectivity index (χ3n) is 3.30. The standard InChI is InChI=1S/C11H19N3O/c1-3-8(6-12)5-10-13-11(14-15-10)9-4-7(9)2/h7-9H,3-6,12H2,1-2H3. The van der Waals surface area contributed by atoms with Crippen molar-refractivity contribution in [3.63, 3.8) is 0 Å². The first-order chi connectivity index (χ1) is 7.24. The van der Waals surface area contributed by atoms with Crippen LogP contribution in [-0.4, -0.2) is 16.7 Å². The molecule has 3 atom stereocenters. The summed E-state index contributed by atoms with van der Waals surface area (Å²) in [4.78, 5) is 4.43. The predicted molar refractivity (Wildman–Crippen MR) is 57.4 cm³/mol. The average Bonchev–Trinajstić information content (AvgIpc) is 2.80. The fourth-order valence-corrected chi connectivity index (χ4v) is 1.82. The lowest BCUT2D eigenvalue weighted by Gasteiger charge is -2.07. The van der Waals surface area contributed by atoms with E-state index in [-0.39, 0.29) is 0 Å². The maximum Gasteiger partial charge on any atom is 0.226 e. The van der Waals surface area contributed by atoms with E-state index in [9.17, 15) is 0 Å². The molecule has 1 saturated carbocycles. The SMILES string of the molecule is CCC(CN)Cc1nc(C2CC2C)no1. The van der Waals surface area contributed by atoms with Crippen LogP contribution in [0.1, 0.15) is 44.3 Å². The van der Waals surface area contributed by atoms with Gasteiger partial charge in [0, 0.05) is 12.3 Å². The van der Waals surface area contributed by atoms with E-state index in [0.717, 1.165) is 30.5 Å². The number of hydrogen-bond acceptors (Lipinski definition) is 4. The highest BCUT2D eigenvalue weighted by Crippen LogP contribution is 2.45. The van der Waals surface area contributed by atoms with Gasteiger partial charge in [0.25, 0.3) is 0 Å². The molecular formula is C11H19N3O. The van der Waals surface area contributed by atoms with Crippen LogP contribution in [0.15, 0.2) is 4.52 Å². The van der Waals surface area contributed by atoms with Gasteiger partial charge in [0.2, 0.25) is 5.89 Å². The Morgan fingerprint density at radius 1 is 1.60 bits per heavy atom. The molecule has 0 bridgehead atoms. The molecule has 0 aliphatic heterocycles. The van der Waals surface area contributed by atoms with E-state index < -0.39 is 0 Å². The van der Waals surface area contributed by atoms with Crippen LogP contribution in [0.2, 0.25) is 0 Å². The van der Waals surface area contributed by atoms with E-state index in [2.05, 4.69) is 24.0 Å². The molecule has 1 fully saturated rings. The van der Waals surface area contributed by atoms with Gasteiger partial charge in [-0.1, -0.05) is 25.4 Å². The van der Waals surface area contributed by atoms with E-state index in [0.29, 0.717) is 18.4 Å². The van der Waals surface area contributed by atoms with Crippen molar-refractivity contribution < 1.29 is 4.52 Å². The predicted octanol–water partition coefficient (Wildman–Crippen LogP) is 1.72. The van der Waals surface area contributed by atoms with Crippen molar-refractivity contribution in [1.82, 2.24) is 10.1 Å². The zero-order valence-corrected chi connectivity index (χ0v) is 9.44. The zero-order chi connectivity index (χ0) is 10.8. The normalized spacial score (nSPS) is 26.6. The Hall–Kier alpha value is -0.900. The molecule has 1 aromatic heterocycles. The molecule has 0 radical (unpaired) electrons. The quantitative estimate of drug-likeness (QED) is 0.802. The van der Waals surface area contributed by atoms with Gasteiger partial charge in [0.15, 0.2) is 5.82 Å². The molecule has 4 heteroatoms. The maximum absolute atomic E-state index is 5.64. The van der Waals surface area contributed by atoms with Gasteiger partial charge >= 0.3 is 0 Å². The highest BCUT2D eigenvalue weighted by Gasteiger charge is 2.38. The minimum atomic E-state index is 0.468. The second kappa shape index (κ2) is 4.31. The Morgan fingerprint density at radius 3 is 2.87 bits per heavy atom. The van der Waals surface area contributed by atoms with Gasteiger partial charge in [-0.15, -0.1) is 0 Å². The van der Waals surface area contributed by atoms with E-state index in [1.807, 2.05) is 0 Å². The van der Waals surface area contributed by atoms with Crippen LogP contribution in [0.3, 0.4) is 0 Å². The van der Waals surface area contributed by atoms with Crippen LogP contribution < -0.4 is 5.73 Å². The van der Waals surface area contributed by atoms with Gasteiger partial charge in [-0.3, -0.25) is 0 Å². The smallest absolute Gasteiger partial charge is 0.226 e. The van der Waals surface area contributed by atoms with E-state index >= 15 is 0 Å². The van der Waals surface area contributed by atoms with Crippen LogP contribution >= 0.6 is 0 Å². The lowest BCUT2D eigenvalue weighted by molar-refractivity contribution is 0.347. The number of aromatic nitrogens is 2. The third-order valence-corrected chi connectivity index (χ3v) is 3.30. The lowest BCUT2D eigenvalue weighted by Crippen LogP contribution is -2.16. The Bertz CT molecular complexity index is 319. The van der Waals surface area contributed by atoms with Crippen LogP contribution in [0.25, 0.3) is 0 Å². The average molecular weight is 209 g/mol. The van der Waals surface area contributed by atoms with Crippen molar-refractivity contribution in [2.75, 3.05) is 6.54 Å². The molecule has 2 N–H and O–H groups in total. The summed E-state index contributed by atoms with van der Waals surface area (Å²) in [5.41, 5.74) is 5.64. The van der Waals surface area contributed by atoms with E-state index in [4.69, 9.17) is 10.3 Å². The van der Waals surface area contributed by atoms with Crippen molar-refractivity contribution in [1.29, 1.82) is 0 Å². The molecule has 84 valence electrons. The molecular weight excluding hydrogens is 190 g/mol. The van der Waals surface area contributed by atoms with Crippen LogP contribution in [-0.2, 0) is 6.42 Å². The van der Waals surface area contributed by atoms with Gasteiger partial charge in [-0.25, -0.2) is 0 Å². The Morgan fingerprint density at radius 2 is 2.33 bits per heavy atom. The molecule has 2 rings (SSSR count). The monoisotopic (exact) mass is 209 g/mol. The number of hydrogen-bond donors (Lipinski definition) is 1. The van der Waals surface area contributed by atoms with Gasteiger partial charge in [0.05, 0.1) is 0 Å². The summed E-state index contributed by atoms with van der Waals surface area (Å²) in [5, 5.41) is 4.02. The molecule has 0 aromatic carbocycles. The number of nitrogens with two attached hydrogens (primary N) is 1. The largest absolute Gasteiger partial charge is 0.339 e. The summed E-state index contributed by atoms with van der Waals surface area (Å²) in [6.07, 6.45) is 3.09. The molecule has 1 aliphatic rings. The minimum Gasteiger partial charge on any atom is -0.339 e. The number of rotatable bonds is 5. The Labute approximate surface area is 90.2 Å². The van der Waals surface area contributed by atoms with Crippen LogP contribution in [0.5, 0.6) is 0 Å². The van der Waals surface area contributed by atoms with E-state index in [1.54, 1.807) is 0 Å². The summed E-state index contributed by atoms with van der Waals surface area (Å²) in [7, 11) is 0. The van der Waals surface area contributed by atoms with Crippen molar-refractivity contribution in [2.24, 2.45) is 17.6 Å². The summed E-state index contributed by atoms with van der Waals surface area (Å²) >= 11 is 0. The summed E-state index contributed by atoms with van der Waals surface area (Å²) in [6.45, 7) is 5.04. The molecule has 1 aliphatic carbocycles. The first-order valence-electron chi connectivity index (χ1n) is 5.77. The van der Waals surface area contributed by atoms with Gasteiger partial charge in [-0.05, 0) is 24.8 Å². The fourth-order valence-electron chi connectivity index (χ4n) is 1.82. The molecule has 4 nitrogen and oxygen atoms in total. The third kappa shape index (κ3) is 2.37. The highest BCUT2D eigenvalue weighted by molar-refractivity contribution is 5.07. The Kier molecular flexibility index (Phi) is 3.05. The topological polar surface area (TPSA) is 64.9 Å². The molecule has 1 heterocycles. The summed E-state index contributed by atoms with van der Waals surface area (Å²) in [5.74, 6) is 3.38. The van der Waals surface area contributed by atoms with Gasteiger partial charge < -0.3 is 10.3 Å². The zero-order valence-electron chi connectivity index (χ0n) is 9.44. The summed E-state index contributed by atoms with van der Waals surface area (Å²) < 4.78 is 5.23. The fraction of sp³-hybridized carbons (Fsp3) is 0.818. The molecule has 0 amide bonds. The first-order valence-corrected chi connectivity index (χ1v) is 5.77. The summed E-state index contributed by atoms with van der Waals surface area (Å²) in [6, 6.07) is 0. The Balaban J connectivity index is 1.95. The molecule has 3 unspecified atom stereocenters. The van der Waals surface area contributed by atoms with E-state index in [1.165, 1.54) is 6.42 Å². The molecule has 15 heavy (non-hydrogen) atoms. The molecule has 0 spiro atoms. The molecule has 1 aromatic rings. The molecule has 0 saturated heterocycles. The lowest BCUT2D eigenvalue weighted by atomic mass is 10.0. The van der Waals surface area contributed by atoms with Gasteiger partial charge in [-0.2, -0.15) is 4.98 Å². The van der Waals surface area contributed by atoms with Crippen molar-refractivity contribution >= 4 is 0 Å². The minimum absolute atomic E-state index is 0.468. The van der Waals surface area contributed by atoms with Gasteiger partial charge in [0.1, 0.15) is 0 Å².